The van der Waals surface area contributed by atoms with E-state index in [0.29, 0.717) is 6.20 Å². The number of hydrogen-bond acceptors (Lipinski definition) is 5. The van der Waals surface area contributed by atoms with Gasteiger partial charge in [0.05, 0.1) is 4.92 Å². The zero-order chi connectivity index (χ0) is 9.78. The molecule has 0 aliphatic rings. The normalized spacial score (nSPS) is 13.1. The van der Waals surface area contributed by atoms with Crippen molar-refractivity contribution in [2.45, 2.75) is 6.92 Å². The quantitative estimate of drug-likeness (QED) is 0.386. The molecule has 0 atom stereocenters. The molecule has 0 bridgehead atoms. The van der Waals surface area contributed by atoms with Gasteiger partial charge in [0.25, 0.3) is 0 Å². The molecule has 0 aliphatic carbocycles. The smallest absolute Gasteiger partial charge is 0.309 e. The van der Waals surface area contributed by atoms with E-state index in [4.69, 9.17) is 0 Å². The third-order valence-corrected chi connectivity index (χ3v) is 3.15. The van der Waals surface area contributed by atoms with Crippen molar-refractivity contribution in [1.82, 2.24) is 0 Å². The van der Waals surface area contributed by atoms with Crippen LogP contribution < -0.4 is 0 Å². The lowest BCUT2D eigenvalue weighted by Gasteiger charge is -2.11. The van der Waals surface area contributed by atoms with Gasteiger partial charge in [0.15, 0.2) is 0 Å². The van der Waals surface area contributed by atoms with Crippen molar-refractivity contribution in [3.8, 4) is 0 Å². The van der Waals surface area contributed by atoms with E-state index >= 15 is 0 Å². The van der Waals surface area contributed by atoms with Crippen LogP contribution in [0.15, 0.2) is 11.5 Å². The Bertz CT molecular complexity index is 240. The molecule has 0 saturated heterocycles. The van der Waals surface area contributed by atoms with E-state index in [1.807, 2.05) is 0 Å². The zero-order valence-electron chi connectivity index (χ0n) is 7.01. The van der Waals surface area contributed by atoms with E-state index in [9.17, 15) is 14.7 Å². The van der Waals surface area contributed by atoms with Gasteiger partial charge in [-0.2, -0.15) is 0 Å². The van der Waals surface area contributed by atoms with Crippen LogP contribution in [0.4, 0.5) is 0 Å². The number of nitrogens with zero attached hydrogens (tertiary/aromatic N) is 1. The summed E-state index contributed by atoms with van der Waals surface area (Å²) in [6.45, 7) is 1.32. The summed E-state index contributed by atoms with van der Waals surface area (Å²) in [6, 6.07) is 0. The minimum Gasteiger partial charge on any atom is -0.309 e. The molecule has 0 radical (unpaired) electrons. The van der Waals surface area contributed by atoms with E-state index in [1.54, 1.807) is 0 Å². The molecule has 0 unspecified atom stereocenters. The van der Waals surface area contributed by atoms with Gasteiger partial charge in [-0.3, -0.25) is 14.7 Å². The van der Waals surface area contributed by atoms with Gasteiger partial charge in [-0.1, -0.05) is 0 Å². The Morgan fingerprint density at radius 2 is 1.92 bits per heavy atom. The number of hydrogen-bond donors (Lipinski definition) is 0. The first-order chi connectivity index (χ1) is 5.46. The number of rotatable bonds is 4. The minimum absolute atomic E-state index is 0.0301. The summed E-state index contributed by atoms with van der Waals surface area (Å²) in [6.07, 6.45) is 0.605. The number of nitro groups is 1. The molecule has 0 rings (SSSR count). The summed E-state index contributed by atoms with van der Waals surface area (Å²) in [5.74, 6) is 0. The Hall–Kier alpha value is -0.710. The lowest BCUT2D eigenvalue weighted by Crippen LogP contribution is -1.93. The molecular weight excluding hydrogens is 185 g/mol. The topological polar surface area (TPSA) is 78.7 Å². The highest BCUT2D eigenvalue weighted by atomic mass is 31.2. The molecular formula is C5H10NO5P. The van der Waals surface area contributed by atoms with Crippen LogP contribution in [0, 0.1) is 10.1 Å². The van der Waals surface area contributed by atoms with Gasteiger partial charge in [-0.15, -0.1) is 0 Å². The van der Waals surface area contributed by atoms with Crippen molar-refractivity contribution in [3.05, 3.63) is 21.6 Å². The summed E-state index contributed by atoms with van der Waals surface area (Å²) in [5.41, 5.74) is 0. The Morgan fingerprint density at radius 1 is 1.50 bits per heavy atom. The Kier molecular flexibility index (Phi) is 4.09. The van der Waals surface area contributed by atoms with Crippen LogP contribution in [0.5, 0.6) is 0 Å². The summed E-state index contributed by atoms with van der Waals surface area (Å²) >= 11 is 0. The van der Waals surface area contributed by atoms with Crippen LogP contribution in [0.2, 0.25) is 0 Å². The second kappa shape index (κ2) is 4.35. The second-order valence-electron chi connectivity index (χ2n) is 1.92. The van der Waals surface area contributed by atoms with Gasteiger partial charge in [0.1, 0.15) is 5.31 Å². The van der Waals surface area contributed by atoms with E-state index in [2.05, 4.69) is 9.05 Å². The average molecular weight is 195 g/mol. The van der Waals surface area contributed by atoms with Crippen molar-refractivity contribution in [2.24, 2.45) is 0 Å². The lowest BCUT2D eigenvalue weighted by molar-refractivity contribution is -0.403. The molecule has 0 spiro atoms. The predicted molar refractivity (Wildman–Crippen MR) is 42.4 cm³/mol. The van der Waals surface area contributed by atoms with E-state index < -0.39 is 12.5 Å². The molecule has 7 heteroatoms. The van der Waals surface area contributed by atoms with Gasteiger partial charge in [-0.25, -0.2) is 0 Å². The van der Waals surface area contributed by atoms with E-state index in [-0.39, 0.29) is 5.31 Å². The first-order valence-corrected chi connectivity index (χ1v) is 4.54. The van der Waals surface area contributed by atoms with E-state index in [0.717, 1.165) is 0 Å². The van der Waals surface area contributed by atoms with Crippen LogP contribution >= 0.6 is 7.60 Å². The molecule has 0 aromatic rings. The number of allylic oxidation sites excluding steroid dienone is 1. The van der Waals surface area contributed by atoms with Crippen molar-refractivity contribution >= 4 is 7.60 Å². The van der Waals surface area contributed by atoms with Crippen LogP contribution in [0.25, 0.3) is 0 Å². The van der Waals surface area contributed by atoms with Crippen molar-refractivity contribution in [1.29, 1.82) is 0 Å². The van der Waals surface area contributed by atoms with Crippen LogP contribution in [-0.2, 0) is 13.6 Å². The third kappa shape index (κ3) is 2.73. The Labute approximate surface area is 69.9 Å². The predicted octanol–water partition coefficient (Wildman–Crippen LogP) is 1.61. The largest absolute Gasteiger partial charge is 0.362 e. The molecule has 0 N–H and O–H groups in total. The molecule has 0 aromatic carbocycles. The molecule has 0 heterocycles. The van der Waals surface area contributed by atoms with Gasteiger partial charge < -0.3 is 9.05 Å². The Morgan fingerprint density at radius 3 is 2.17 bits per heavy atom. The standard InChI is InChI=1S/C5H10NO5P/c1-5(4-6(7)8)12(9,10-2)11-3/h4H,1-3H3/b5-4+. The Balaban J connectivity index is 4.76. The minimum atomic E-state index is -3.41. The SMILES string of the molecule is COP(=O)(OC)/C(C)=C/[N+](=O)[O-]. The molecule has 6 nitrogen and oxygen atoms in total. The first-order valence-electron chi connectivity index (χ1n) is 3.00. The third-order valence-electron chi connectivity index (χ3n) is 1.20. The fourth-order valence-corrected chi connectivity index (χ4v) is 1.55. The molecule has 0 aromatic heterocycles. The van der Waals surface area contributed by atoms with Crippen LogP contribution in [-0.4, -0.2) is 19.1 Å². The zero-order valence-corrected chi connectivity index (χ0v) is 7.91. The van der Waals surface area contributed by atoms with Crippen molar-refractivity contribution < 1.29 is 18.5 Å². The molecule has 70 valence electrons. The highest BCUT2D eigenvalue weighted by Crippen LogP contribution is 2.54. The monoisotopic (exact) mass is 195 g/mol. The fraction of sp³-hybridized carbons (Fsp3) is 0.600. The molecule has 12 heavy (non-hydrogen) atoms. The van der Waals surface area contributed by atoms with Crippen LogP contribution in [0.1, 0.15) is 6.92 Å². The van der Waals surface area contributed by atoms with Crippen molar-refractivity contribution in [2.75, 3.05) is 14.2 Å². The maximum atomic E-state index is 11.4. The lowest BCUT2D eigenvalue weighted by atomic mass is 10.7. The summed E-state index contributed by atoms with van der Waals surface area (Å²) in [7, 11) is -1.07. The molecule has 0 fully saturated rings. The van der Waals surface area contributed by atoms with Gasteiger partial charge in [0.2, 0.25) is 6.20 Å². The maximum absolute atomic E-state index is 11.4. The summed E-state index contributed by atoms with van der Waals surface area (Å²) in [5, 5.41) is 9.96. The first kappa shape index (κ1) is 11.3. The summed E-state index contributed by atoms with van der Waals surface area (Å²) < 4.78 is 20.4. The van der Waals surface area contributed by atoms with E-state index in [1.165, 1.54) is 21.1 Å². The maximum Gasteiger partial charge on any atom is 0.362 e. The van der Waals surface area contributed by atoms with Crippen molar-refractivity contribution in [3.63, 3.8) is 0 Å². The highest BCUT2D eigenvalue weighted by Gasteiger charge is 2.26. The summed E-state index contributed by atoms with van der Waals surface area (Å²) in [4.78, 5) is 9.28. The molecule has 0 saturated carbocycles. The second-order valence-corrected chi connectivity index (χ2v) is 4.35. The van der Waals surface area contributed by atoms with Gasteiger partial charge >= 0.3 is 7.60 Å². The fourth-order valence-electron chi connectivity index (χ4n) is 0.586. The van der Waals surface area contributed by atoms with Gasteiger partial charge in [-0.05, 0) is 6.92 Å². The van der Waals surface area contributed by atoms with Crippen LogP contribution in [0.3, 0.4) is 0 Å². The molecule has 0 amide bonds. The molecule has 0 aliphatic heterocycles. The highest BCUT2D eigenvalue weighted by molar-refractivity contribution is 7.58. The average Bonchev–Trinajstić information content (AvgIpc) is 2.02. The van der Waals surface area contributed by atoms with Gasteiger partial charge in [0, 0.05) is 14.2 Å².